The van der Waals surface area contributed by atoms with Gasteiger partial charge in [-0.3, -0.25) is 69.8 Å². The number of aromatic amines is 3. The fraction of sp³-hybridized carbons (Fsp3) is 0.535. The first kappa shape index (κ1) is 71.1. The summed E-state index contributed by atoms with van der Waals surface area (Å²) in [5, 5.41) is 55.5. The number of anilines is 3. The third-order valence-corrected chi connectivity index (χ3v) is 21.6. The first-order valence-electron chi connectivity index (χ1n) is 27.9. The van der Waals surface area contributed by atoms with Crippen LogP contribution in [0.25, 0.3) is 44.7 Å². The summed E-state index contributed by atoms with van der Waals surface area (Å²) in [5.41, 5.74) is 14.0. The molecule has 4 aliphatic heterocycles. The summed E-state index contributed by atoms with van der Waals surface area (Å²) in [6.07, 6.45) is -24.1. The van der Waals surface area contributed by atoms with Crippen LogP contribution in [0.3, 0.4) is 0 Å². The number of rotatable bonds is 25. The van der Waals surface area contributed by atoms with Crippen LogP contribution in [0.4, 0.5) is 17.7 Å². The van der Waals surface area contributed by atoms with Crippen molar-refractivity contribution in [2.75, 3.05) is 50.7 Å². The second-order valence-corrected chi connectivity index (χ2v) is 29.3. The normalized spacial score (nSPS) is 30.7. The number of hydrogen-bond acceptors (Lipinski definition) is 37. The lowest BCUT2D eigenvalue weighted by Crippen LogP contribution is -2.46. The first-order valence-corrected chi connectivity index (χ1v) is 35.4. The van der Waals surface area contributed by atoms with Crippen LogP contribution in [0.15, 0.2) is 46.0 Å². The largest absolute Gasteiger partial charge is 0.490 e. The van der Waals surface area contributed by atoms with Gasteiger partial charge in [-0.2, -0.15) is 13.6 Å². The van der Waals surface area contributed by atoms with Crippen molar-refractivity contribution in [2.24, 2.45) is 7.05 Å². The van der Waals surface area contributed by atoms with Crippen LogP contribution in [-0.2, 0) is 89.3 Å². The Hall–Kier alpha value is -6.77. The molecule has 0 bridgehead atoms. The molecule has 8 aromatic rings. The summed E-state index contributed by atoms with van der Waals surface area (Å²) in [4.78, 5) is 132. The van der Waals surface area contributed by atoms with Gasteiger partial charge in [0.1, 0.15) is 90.9 Å². The molecule has 21 atom stereocenters. The highest BCUT2D eigenvalue weighted by Crippen LogP contribution is 2.68. The van der Waals surface area contributed by atoms with Crippen LogP contribution >= 0.6 is 39.1 Å². The molecule has 0 amide bonds. The van der Waals surface area contributed by atoms with E-state index in [4.69, 9.17) is 68.0 Å². The van der Waals surface area contributed by atoms with Crippen molar-refractivity contribution in [2.45, 2.75) is 105 Å². The van der Waals surface area contributed by atoms with Crippen molar-refractivity contribution in [3.63, 3.8) is 0 Å². The summed E-state index contributed by atoms with van der Waals surface area (Å²) in [6.45, 7) is -3.47. The van der Waals surface area contributed by atoms with E-state index < -0.39 is 186 Å². The predicted molar refractivity (Wildman–Crippen MR) is 312 cm³/mol. The number of phosphoric acid groups is 5. The molecule has 19 N–H and O–H groups in total. The highest BCUT2D eigenvalue weighted by Gasteiger charge is 2.56. The summed E-state index contributed by atoms with van der Waals surface area (Å²) in [6, 6.07) is 0. The summed E-state index contributed by atoms with van der Waals surface area (Å²) < 4.78 is 142. The molecule has 0 aromatic carbocycles. The van der Waals surface area contributed by atoms with Crippen LogP contribution in [0.5, 0.6) is 0 Å². The van der Waals surface area contributed by atoms with Crippen LogP contribution in [0.2, 0.25) is 0 Å². The molecule has 4 saturated heterocycles. The smallest absolute Gasteiger partial charge is 0.387 e. The predicted octanol–water partition coefficient (Wildman–Crippen LogP) is -5.51. The Morgan fingerprint density at radius 1 is 0.531 bits per heavy atom. The number of fused-ring (bicyclic) bond motifs is 4. The summed E-state index contributed by atoms with van der Waals surface area (Å²) >= 11 is 0. The van der Waals surface area contributed by atoms with Gasteiger partial charge in [0.05, 0.1) is 52.5 Å². The Labute approximate surface area is 541 Å². The quantitative estimate of drug-likeness (QED) is 0.0187. The monoisotopic (exact) mass is 1490 g/mol. The number of H-pyrrole nitrogens is 3. The van der Waals surface area contributed by atoms with Crippen molar-refractivity contribution < 1.29 is 137 Å². The number of nitrogen functional groups attached to an aromatic ring is 3. The van der Waals surface area contributed by atoms with Gasteiger partial charge in [-0.15, -0.1) is 0 Å². The average Bonchev–Trinajstić information content (AvgIpc) is 1.63. The van der Waals surface area contributed by atoms with E-state index in [-0.39, 0.29) is 62.2 Å². The lowest BCUT2D eigenvalue weighted by atomic mass is 10.1. The minimum atomic E-state index is -6.34. The van der Waals surface area contributed by atoms with Gasteiger partial charge in [-0.25, -0.2) is 57.3 Å². The summed E-state index contributed by atoms with van der Waals surface area (Å²) in [7, 11) is -27.4. The molecule has 4 aliphatic rings. The average molecular weight is 1490 g/mol. The molecule has 0 aliphatic carbocycles. The number of ether oxygens (including phenoxy) is 5. The Kier molecular flexibility index (Phi) is 19.3. The number of nitrogens with one attached hydrogen (secondary N) is 3. The van der Waals surface area contributed by atoms with E-state index in [1.807, 2.05) is 0 Å². The van der Waals surface area contributed by atoms with Gasteiger partial charge < -0.3 is 95.9 Å². The minimum Gasteiger partial charge on any atom is -0.387 e. The van der Waals surface area contributed by atoms with E-state index in [2.05, 4.69) is 63.4 Å². The number of imidazole rings is 4. The number of nitrogens with zero attached hydrogens (tertiary/aromatic N) is 13. The molecule has 0 radical (unpaired) electrons. The van der Waals surface area contributed by atoms with E-state index in [0.717, 1.165) is 50.7 Å². The maximum atomic E-state index is 14.3. The van der Waals surface area contributed by atoms with Crippen molar-refractivity contribution in [3.05, 3.63) is 68.5 Å². The molecule has 55 heteroatoms. The molecule has 50 nitrogen and oxygen atoms in total. The number of aliphatic hydroxyl groups is 5. The molecule has 10 unspecified atom stereocenters. The van der Waals surface area contributed by atoms with E-state index in [0.29, 0.717) is 0 Å². The Balaban J connectivity index is 0.741. The zero-order valence-corrected chi connectivity index (χ0v) is 54.3. The van der Waals surface area contributed by atoms with E-state index in [9.17, 15) is 87.2 Å². The molecule has 12 rings (SSSR count). The second-order valence-electron chi connectivity index (χ2n) is 21.8. The van der Waals surface area contributed by atoms with Gasteiger partial charge in [-0.1, -0.05) is 4.98 Å². The van der Waals surface area contributed by atoms with Gasteiger partial charge in [0.25, 0.3) is 22.6 Å². The topological polar surface area (TPSA) is 711 Å². The number of methoxy groups -OCH3 is 1. The molecule has 8 aromatic heterocycles. The maximum absolute atomic E-state index is 14.3. The van der Waals surface area contributed by atoms with Crippen molar-refractivity contribution in [3.8, 4) is 0 Å². The number of aliphatic hydroxyl groups excluding tert-OH is 5. The maximum Gasteiger partial charge on any atom is 0.490 e. The standard InChI is InChI=1S/C43H56N19O31P5/c1-13-52-32-19(35(68)53-13)50-10-60(32)38-24(65)22(63)14(86-38)4-82-94(71,72)90-27-16(88-40(26(27)67)59-9-49-18-30(44)47-8-48-31(18)59)6-83-95(73,74)91-28-17(89-41(29(28)81-3)61-11-51-20-33(61)54-42(45)56-36(20)69)7-85-97(77,78)93-98(79,80)92-96(75,76)84-5-15-23(64)25(66)39(87-15)62-12-58(2)21-34(62)55-43(46)57-37(21)70/h8-12,14-17,22-29,38-41,63-67H,4-7H2,1-3H3,(H13-,44,45,46,47,48,52,53,54,55,56,57,68,69,70,71,72,73,74,75,76,77,78,79,80)/p+1/t14-,15-,16-,17-,22+,23?,24?,25?,26?,27+,28+,29?,38-,39-,40-,41-/m1/s1. The van der Waals surface area contributed by atoms with Crippen molar-refractivity contribution >= 4 is 101 Å². The summed E-state index contributed by atoms with van der Waals surface area (Å²) in [5.74, 6) is -0.798. The van der Waals surface area contributed by atoms with Gasteiger partial charge >= 0.3 is 44.8 Å². The van der Waals surface area contributed by atoms with Crippen LogP contribution in [0.1, 0.15) is 30.7 Å². The fourth-order valence-electron chi connectivity index (χ4n) is 11.1. The van der Waals surface area contributed by atoms with Gasteiger partial charge in [0.15, 0.2) is 58.8 Å². The van der Waals surface area contributed by atoms with Gasteiger partial charge in [0, 0.05) is 7.11 Å². The number of aromatic nitrogens is 16. The van der Waals surface area contributed by atoms with Crippen molar-refractivity contribution in [1.82, 2.24) is 73.1 Å². The Morgan fingerprint density at radius 3 is 1.64 bits per heavy atom. The minimum absolute atomic E-state index is 0.0283. The number of nitrogens with two attached hydrogens (primary N) is 3. The van der Waals surface area contributed by atoms with Crippen LogP contribution in [0, 0.1) is 6.92 Å². The first-order chi connectivity index (χ1) is 46.0. The molecule has 0 saturated carbocycles. The van der Waals surface area contributed by atoms with E-state index in [1.54, 1.807) is 0 Å². The molecular formula is C43H57N19O31P5+. The fourth-order valence-corrected chi connectivity index (χ4v) is 16.5. The third-order valence-electron chi connectivity index (χ3n) is 15.3. The van der Waals surface area contributed by atoms with Crippen LogP contribution in [-0.4, -0.2) is 230 Å². The number of phosphoric ester groups is 4. The second kappa shape index (κ2) is 26.6. The molecular weight excluding hydrogens is 1430 g/mol. The van der Waals surface area contributed by atoms with Crippen LogP contribution < -0.4 is 38.4 Å². The van der Waals surface area contributed by atoms with Gasteiger partial charge in [0.2, 0.25) is 17.7 Å². The molecule has 4 fully saturated rings. The molecule has 534 valence electrons. The number of aryl methyl sites for hydroxylation is 2. The zero-order chi connectivity index (χ0) is 70.6. The Bertz CT molecular complexity index is 4820. The van der Waals surface area contributed by atoms with Crippen molar-refractivity contribution in [1.29, 1.82) is 0 Å². The molecule has 12 heterocycles. The highest BCUT2D eigenvalue weighted by molar-refractivity contribution is 7.66. The van der Waals surface area contributed by atoms with E-state index in [1.165, 1.54) is 24.9 Å². The molecule has 0 spiro atoms. The third kappa shape index (κ3) is 14.1. The Morgan fingerprint density at radius 2 is 1.01 bits per heavy atom. The SMILES string of the molecule is COC1[C@@H](OP(=O)(O)OC[C@H]2O[C@@H](n3cnc4c(N)ncnc43)C(O)[C@H]2OP(=O)(O)OC[C@H]2O[C@@H](n3cnc4c(=O)[nH]c(C)nc43)C(O)[C@H]2O)[C@@H](COP(=O)(O)OP(=O)(O)OP(=O)(O)OC[C@H]2O[C@@H]([n+]3cn(C)c4c(=O)[nH]c(N)nc43)C(O)C2O)O[C@H]1n1cnc2c(=O)[nH]c(N)nc21. The lowest BCUT2D eigenvalue weighted by molar-refractivity contribution is -0.745. The highest BCUT2D eigenvalue weighted by atomic mass is 31.3. The van der Waals surface area contributed by atoms with Gasteiger partial charge in [-0.05, 0) is 6.92 Å². The zero-order valence-electron chi connectivity index (χ0n) is 49.8. The van der Waals surface area contributed by atoms with E-state index >= 15 is 0 Å². The molecule has 98 heavy (non-hydrogen) atoms. The number of hydrogen-bond donors (Lipinski definition) is 16. The lowest BCUT2D eigenvalue weighted by Gasteiger charge is -2.27.